The quantitative estimate of drug-likeness (QED) is 0.487. The zero-order valence-electron chi connectivity index (χ0n) is 22.4. The van der Waals surface area contributed by atoms with Gasteiger partial charge in [0.1, 0.15) is 5.69 Å². The number of aliphatic imine (C=N–C) groups is 1. The molecule has 11 heteroatoms. The fraction of sp³-hybridized carbons (Fsp3) is 0.464. The average molecular weight is 542 g/mol. The predicted octanol–water partition coefficient (Wildman–Crippen LogP) is 3.05. The van der Waals surface area contributed by atoms with Crippen molar-refractivity contribution in [1.29, 1.82) is 0 Å². The summed E-state index contributed by atoms with van der Waals surface area (Å²) in [5.41, 5.74) is 7.31. The van der Waals surface area contributed by atoms with E-state index in [1.165, 1.54) is 20.4 Å². The predicted molar refractivity (Wildman–Crippen MR) is 143 cm³/mol. The van der Waals surface area contributed by atoms with Crippen molar-refractivity contribution in [2.75, 3.05) is 52.4 Å². The Bertz CT molecular complexity index is 1300. The number of methoxy groups -OCH3 is 3. The van der Waals surface area contributed by atoms with Gasteiger partial charge < -0.3 is 24.8 Å². The van der Waals surface area contributed by atoms with Crippen LogP contribution in [0.4, 0.5) is 14.5 Å². The van der Waals surface area contributed by atoms with Crippen LogP contribution in [0.15, 0.2) is 29.5 Å². The van der Waals surface area contributed by atoms with Crippen molar-refractivity contribution in [1.82, 2.24) is 9.88 Å². The molecule has 9 nitrogen and oxygen atoms in total. The number of likely N-dealkylation sites (tertiary alicyclic amines) is 1. The Morgan fingerprint density at radius 1 is 1.21 bits per heavy atom. The third-order valence-corrected chi connectivity index (χ3v) is 7.87. The monoisotopic (exact) mass is 541 g/mol. The molecule has 0 radical (unpaired) electrons. The molecule has 1 aliphatic carbocycles. The summed E-state index contributed by atoms with van der Waals surface area (Å²) in [4.78, 5) is 26.3. The van der Waals surface area contributed by atoms with E-state index in [-0.39, 0.29) is 30.1 Å². The highest BCUT2D eigenvalue weighted by molar-refractivity contribution is 6.09. The van der Waals surface area contributed by atoms with E-state index in [1.54, 1.807) is 19.5 Å². The van der Waals surface area contributed by atoms with Gasteiger partial charge in [0.05, 0.1) is 44.5 Å². The third-order valence-electron chi connectivity index (χ3n) is 7.87. The first-order valence-electron chi connectivity index (χ1n) is 13.0. The van der Waals surface area contributed by atoms with Crippen molar-refractivity contribution < 1.29 is 27.8 Å². The molecule has 1 aromatic heterocycles. The van der Waals surface area contributed by atoms with Gasteiger partial charge in [0, 0.05) is 57.0 Å². The lowest BCUT2D eigenvalue weighted by molar-refractivity contribution is -0.121. The Morgan fingerprint density at radius 3 is 2.51 bits per heavy atom. The minimum atomic E-state index is -0.954. The highest BCUT2D eigenvalue weighted by Gasteiger charge is 2.57. The number of pyridine rings is 1. The van der Waals surface area contributed by atoms with Crippen molar-refractivity contribution in [3.8, 4) is 11.5 Å². The number of halogens is 2. The number of anilines is 1. The molecule has 208 valence electrons. The van der Waals surface area contributed by atoms with Crippen LogP contribution in [0.25, 0.3) is 5.57 Å². The molecule has 1 unspecified atom stereocenters. The van der Waals surface area contributed by atoms with Crippen molar-refractivity contribution in [3.05, 3.63) is 53.0 Å². The second kappa shape index (κ2) is 10.9. The number of carbonyl (C=O) groups excluding carboxylic acids is 1. The van der Waals surface area contributed by atoms with E-state index < -0.39 is 22.7 Å². The molecule has 1 atom stereocenters. The van der Waals surface area contributed by atoms with Gasteiger partial charge in [0.25, 0.3) is 0 Å². The van der Waals surface area contributed by atoms with Gasteiger partial charge in [-0.05, 0) is 36.5 Å². The molecule has 1 saturated carbocycles. The van der Waals surface area contributed by atoms with E-state index in [0.29, 0.717) is 36.2 Å². The number of ether oxygens (including phenoxy) is 3. The second-order valence-electron chi connectivity index (χ2n) is 10.1. The Morgan fingerprint density at radius 2 is 1.92 bits per heavy atom. The summed E-state index contributed by atoms with van der Waals surface area (Å²) in [6.45, 7) is 3.28. The molecular formula is C28H33F2N5O4. The van der Waals surface area contributed by atoms with Crippen LogP contribution >= 0.6 is 0 Å². The van der Waals surface area contributed by atoms with E-state index in [4.69, 9.17) is 19.9 Å². The summed E-state index contributed by atoms with van der Waals surface area (Å²) < 4.78 is 46.1. The summed E-state index contributed by atoms with van der Waals surface area (Å²) in [5, 5.41) is 0. The standard InChI is InChI=1S/C28H33F2N5O4/c1-37-19-4-8-34(16-19)9-7-32-13-17(12-31)21-10-20-18(14-33-21)15-35(27(36)28(20)5-6-28)26-24(29)22(38-2)11-23(39-3)25(26)30/h10-14,19H,4-9,15-16,31H2,1-3H3. The number of fused-ring (bicyclic) bond motifs is 2. The maximum absolute atomic E-state index is 15.3. The molecule has 1 amide bonds. The van der Waals surface area contributed by atoms with Crippen molar-refractivity contribution >= 4 is 23.4 Å². The lowest BCUT2D eigenvalue weighted by Crippen LogP contribution is -2.45. The summed E-state index contributed by atoms with van der Waals surface area (Å²) >= 11 is 0. The molecule has 2 fully saturated rings. The van der Waals surface area contributed by atoms with Crippen molar-refractivity contribution in [3.63, 3.8) is 0 Å². The summed E-state index contributed by atoms with van der Waals surface area (Å²) in [7, 11) is 4.28. The van der Waals surface area contributed by atoms with Crippen LogP contribution in [0.3, 0.4) is 0 Å². The minimum Gasteiger partial charge on any atom is -0.493 e. The molecule has 2 N–H and O–H groups in total. The molecular weight excluding hydrogens is 508 g/mol. The number of benzene rings is 1. The molecule has 5 rings (SSSR count). The van der Waals surface area contributed by atoms with Gasteiger partial charge in [-0.2, -0.15) is 0 Å². The number of nitrogens with two attached hydrogens (primary N) is 1. The van der Waals surface area contributed by atoms with Crippen LogP contribution in [0, 0.1) is 11.6 Å². The zero-order valence-corrected chi connectivity index (χ0v) is 22.4. The molecule has 2 aliphatic heterocycles. The van der Waals surface area contributed by atoms with Crippen molar-refractivity contribution in [2.24, 2.45) is 10.7 Å². The summed E-state index contributed by atoms with van der Waals surface area (Å²) in [6, 6.07) is 2.98. The number of allylic oxidation sites excluding steroid dienone is 1. The maximum atomic E-state index is 15.3. The SMILES string of the molecule is COc1cc(OC)c(F)c(N2Cc3cnc(C(C=NCCN4CCC(OC)C4)=CN)cc3C3(CC3)C2=O)c1F. The van der Waals surface area contributed by atoms with Gasteiger partial charge >= 0.3 is 0 Å². The second-order valence-corrected chi connectivity index (χ2v) is 10.1. The van der Waals surface area contributed by atoms with E-state index in [0.717, 1.165) is 42.6 Å². The lowest BCUT2D eigenvalue weighted by Gasteiger charge is -2.35. The van der Waals surface area contributed by atoms with E-state index >= 15 is 8.78 Å². The van der Waals surface area contributed by atoms with Crippen LogP contribution in [0.1, 0.15) is 36.1 Å². The topological polar surface area (TPSA) is 103 Å². The van der Waals surface area contributed by atoms with Gasteiger partial charge in [-0.3, -0.25) is 19.7 Å². The van der Waals surface area contributed by atoms with Gasteiger partial charge in [-0.1, -0.05) is 0 Å². The van der Waals surface area contributed by atoms with Crippen LogP contribution in [-0.4, -0.2) is 75.6 Å². The number of rotatable bonds is 9. The zero-order chi connectivity index (χ0) is 27.7. The molecule has 1 aromatic carbocycles. The first-order chi connectivity index (χ1) is 18.9. The average Bonchev–Trinajstić information content (AvgIpc) is 3.62. The van der Waals surface area contributed by atoms with Gasteiger partial charge in [0.15, 0.2) is 23.1 Å². The Hall–Kier alpha value is -3.57. The fourth-order valence-electron chi connectivity index (χ4n) is 5.48. The Labute approximate surface area is 226 Å². The molecule has 1 saturated heterocycles. The molecule has 3 heterocycles. The van der Waals surface area contributed by atoms with E-state index in [2.05, 4.69) is 14.9 Å². The van der Waals surface area contributed by atoms with Gasteiger partial charge in [-0.25, -0.2) is 8.78 Å². The minimum absolute atomic E-state index is 0.0403. The third kappa shape index (κ3) is 4.85. The molecule has 3 aliphatic rings. The molecule has 0 bridgehead atoms. The van der Waals surface area contributed by atoms with Crippen LogP contribution in [0.2, 0.25) is 0 Å². The first-order valence-corrected chi connectivity index (χ1v) is 13.0. The highest BCUT2D eigenvalue weighted by atomic mass is 19.1. The van der Waals surface area contributed by atoms with Gasteiger partial charge in [-0.15, -0.1) is 0 Å². The Kier molecular flexibility index (Phi) is 7.55. The smallest absolute Gasteiger partial charge is 0.238 e. The number of hydrogen-bond donors (Lipinski definition) is 1. The maximum Gasteiger partial charge on any atom is 0.238 e. The normalized spacial score (nSPS) is 20.6. The number of amides is 1. The number of carbonyl (C=O) groups is 1. The summed E-state index contributed by atoms with van der Waals surface area (Å²) in [6.07, 6.45) is 7.22. The first kappa shape index (κ1) is 27.0. The van der Waals surface area contributed by atoms with E-state index in [1.807, 2.05) is 6.07 Å². The molecule has 39 heavy (non-hydrogen) atoms. The largest absolute Gasteiger partial charge is 0.493 e. The number of hydrogen-bond acceptors (Lipinski definition) is 8. The summed E-state index contributed by atoms with van der Waals surface area (Å²) in [5.74, 6) is -2.69. The fourth-order valence-corrected chi connectivity index (χ4v) is 5.48. The lowest BCUT2D eigenvalue weighted by atomic mass is 9.86. The number of aromatic nitrogens is 1. The highest BCUT2D eigenvalue weighted by Crippen LogP contribution is 2.55. The molecule has 1 spiro atoms. The van der Waals surface area contributed by atoms with Crippen molar-refractivity contribution in [2.45, 2.75) is 37.3 Å². The van der Waals surface area contributed by atoms with Gasteiger partial charge in [0.2, 0.25) is 5.91 Å². The molecule has 2 aromatic rings. The van der Waals surface area contributed by atoms with E-state index in [9.17, 15) is 4.79 Å². The van der Waals surface area contributed by atoms with Crippen LogP contribution < -0.4 is 20.1 Å². The Balaban J connectivity index is 1.39. The van der Waals surface area contributed by atoms with Crippen LogP contribution in [-0.2, 0) is 21.5 Å². The number of nitrogens with zero attached hydrogens (tertiary/aromatic N) is 4. The van der Waals surface area contributed by atoms with Crippen LogP contribution in [0.5, 0.6) is 11.5 Å².